The molecule has 8 heteroatoms. The van der Waals surface area contributed by atoms with E-state index >= 15 is 0 Å². The predicted molar refractivity (Wildman–Crippen MR) is 116 cm³/mol. The predicted octanol–water partition coefficient (Wildman–Crippen LogP) is 3.16. The van der Waals surface area contributed by atoms with Gasteiger partial charge in [0.05, 0.1) is 17.1 Å². The van der Waals surface area contributed by atoms with Crippen LogP contribution in [0.15, 0.2) is 35.4 Å². The SMILES string of the molecule is CCOc1c(C)cc(S(=O)(=O)NCC2CCN(c3ncccc3C#N)CC2)cc1C. The Morgan fingerprint density at radius 2 is 1.93 bits per heavy atom. The van der Waals surface area contributed by atoms with Gasteiger partial charge in [0, 0.05) is 25.8 Å². The zero-order valence-electron chi connectivity index (χ0n) is 17.7. The molecular weight excluding hydrogens is 400 g/mol. The molecule has 3 rings (SSSR count). The van der Waals surface area contributed by atoms with Crippen LogP contribution in [0.3, 0.4) is 0 Å². The Labute approximate surface area is 178 Å². The number of anilines is 1. The lowest BCUT2D eigenvalue weighted by Gasteiger charge is -2.33. The van der Waals surface area contributed by atoms with Gasteiger partial charge in [0.25, 0.3) is 0 Å². The van der Waals surface area contributed by atoms with Crippen LogP contribution >= 0.6 is 0 Å². The Morgan fingerprint density at radius 3 is 2.53 bits per heavy atom. The number of benzene rings is 1. The average molecular weight is 429 g/mol. The molecule has 0 atom stereocenters. The summed E-state index contributed by atoms with van der Waals surface area (Å²) in [6.07, 6.45) is 3.37. The summed E-state index contributed by atoms with van der Waals surface area (Å²) in [6, 6.07) is 9.03. The van der Waals surface area contributed by atoms with Gasteiger partial charge in [0.1, 0.15) is 17.6 Å². The minimum Gasteiger partial charge on any atom is -0.493 e. The van der Waals surface area contributed by atoms with Crippen molar-refractivity contribution in [1.82, 2.24) is 9.71 Å². The lowest BCUT2D eigenvalue weighted by Crippen LogP contribution is -2.39. The van der Waals surface area contributed by atoms with Crippen molar-refractivity contribution in [3.05, 3.63) is 47.2 Å². The minimum absolute atomic E-state index is 0.246. The Kier molecular flexibility index (Phi) is 6.95. The fourth-order valence-corrected chi connectivity index (χ4v) is 5.12. The first-order chi connectivity index (χ1) is 14.4. The summed E-state index contributed by atoms with van der Waals surface area (Å²) in [7, 11) is -3.59. The summed E-state index contributed by atoms with van der Waals surface area (Å²) in [6.45, 7) is 8.07. The zero-order chi connectivity index (χ0) is 21.7. The number of ether oxygens (including phenoxy) is 1. The number of nitrogens with zero attached hydrogens (tertiary/aromatic N) is 3. The fourth-order valence-electron chi connectivity index (χ4n) is 3.83. The van der Waals surface area contributed by atoms with Gasteiger partial charge in [0.15, 0.2) is 0 Å². The van der Waals surface area contributed by atoms with Gasteiger partial charge < -0.3 is 9.64 Å². The maximum Gasteiger partial charge on any atom is 0.240 e. The van der Waals surface area contributed by atoms with E-state index in [9.17, 15) is 13.7 Å². The smallest absolute Gasteiger partial charge is 0.240 e. The molecule has 1 aromatic carbocycles. The first-order valence-corrected chi connectivity index (χ1v) is 11.7. The van der Waals surface area contributed by atoms with Gasteiger partial charge in [0.2, 0.25) is 10.0 Å². The largest absolute Gasteiger partial charge is 0.493 e. The molecule has 1 aromatic heterocycles. The van der Waals surface area contributed by atoms with Crippen LogP contribution in [0.2, 0.25) is 0 Å². The summed E-state index contributed by atoms with van der Waals surface area (Å²) in [4.78, 5) is 6.71. The van der Waals surface area contributed by atoms with Crippen molar-refractivity contribution in [2.24, 2.45) is 5.92 Å². The zero-order valence-corrected chi connectivity index (χ0v) is 18.5. The van der Waals surface area contributed by atoms with Crippen molar-refractivity contribution in [3.63, 3.8) is 0 Å². The Hall–Kier alpha value is -2.63. The number of pyridine rings is 1. The minimum atomic E-state index is -3.59. The van der Waals surface area contributed by atoms with E-state index in [1.807, 2.05) is 20.8 Å². The number of piperidine rings is 1. The van der Waals surface area contributed by atoms with Crippen LogP contribution in [0.5, 0.6) is 5.75 Å². The number of sulfonamides is 1. The van der Waals surface area contributed by atoms with Crippen molar-refractivity contribution >= 4 is 15.8 Å². The van der Waals surface area contributed by atoms with Gasteiger partial charge in [-0.3, -0.25) is 0 Å². The molecule has 1 aliphatic heterocycles. The van der Waals surface area contributed by atoms with Crippen molar-refractivity contribution in [2.75, 3.05) is 31.1 Å². The van der Waals surface area contributed by atoms with Crippen molar-refractivity contribution in [1.29, 1.82) is 5.26 Å². The number of aromatic nitrogens is 1. The van der Waals surface area contributed by atoms with Crippen LogP contribution in [0.4, 0.5) is 5.82 Å². The highest BCUT2D eigenvalue weighted by Gasteiger charge is 2.24. The molecule has 2 aromatic rings. The highest BCUT2D eigenvalue weighted by atomic mass is 32.2. The molecule has 1 fully saturated rings. The molecular formula is C22H28N4O3S. The van der Waals surface area contributed by atoms with Crippen molar-refractivity contribution in [3.8, 4) is 11.8 Å². The maximum absolute atomic E-state index is 12.8. The van der Waals surface area contributed by atoms with E-state index in [2.05, 4.69) is 20.7 Å². The van der Waals surface area contributed by atoms with Crippen LogP contribution in [-0.4, -0.2) is 39.6 Å². The monoisotopic (exact) mass is 428 g/mol. The fraction of sp³-hybridized carbons (Fsp3) is 0.455. The Bertz CT molecular complexity index is 1020. The Morgan fingerprint density at radius 1 is 1.27 bits per heavy atom. The molecule has 0 unspecified atom stereocenters. The summed E-state index contributed by atoms with van der Waals surface area (Å²) in [5, 5.41) is 9.27. The maximum atomic E-state index is 12.8. The molecule has 0 amide bonds. The molecule has 0 aliphatic carbocycles. The normalized spacial score (nSPS) is 15.1. The van der Waals surface area contributed by atoms with Gasteiger partial charge in [-0.2, -0.15) is 5.26 Å². The molecule has 160 valence electrons. The third-order valence-electron chi connectivity index (χ3n) is 5.42. The number of nitriles is 1. The molecule has 1 saturated heterocycles. The molecule has 0 saturated carbocycles. The molecule has 0 bridgehead atoms. The standard InChI is InChI=1S/C22H28N4O3S/c1-4-29-21-16(2)12-20(13-17(21)3)30(27,28)25-15-18-7-10-26(11-8-18)22-19(14-23)6-5-9-24-22/h5-6,9,12-13,18,25H,4,7-8,10-11,15H2,1-3H3. The van der Waals surface area contributed by atoms with Crippen molar-refractivity contribution < 1.29 is 13.2 Å². The molecule has 2 heterocycles. The first-order valence-electron chi connectivity index (χ1n) is 10.2. The second-order valence-corrected chi connectivity index (χ2v) is 9.35. The van der Waals surface area contributed by atoms with Crippen LogP contribution in [0, 0.1) is 31.1 Å². The number of hydrogen-bond acceptors (Lipinski definition) is 6. The summed E-state index contributed by atoms with van der Waals surface area (Å²) < 4.78 is 34.0. The number of hydrogen-bond donors (Lipinski definition) is 1. The van der Waals surface area contributed by atoms with Gasteiger partial charge >= 0.3 is 0 Å². The molecule has 0 spiro atoms. The third-order valence-corrected chi connectivity index (χ3v) is 6.82. The lowest BCUT2D eigenvalue weighted by atomic mass is 9.97. The van der Waals surface area contributed by atoms with E-state index < -0.39 is 10.0 Å². The topological polar surface area (TPSA) is 95.3 Å². The quantitative estimate of drug-likeness (QED) is 0.728. The van der Waals surface area contributed by atoms with E-state index in [0.29, 0.717) is 24.5 Å². The second kappa shape index (κ2) is 9.45. The van der Waals surface area contributed by atoms with Crippen LogP contribution in [0.1, 0.15) is 36.5 Å². The number of aryl methyl sites for hydroxylation is 2. The summed E-state index contributed by atoms with van der Waals surface area (Å²) >= 11 is 0. The van der Waals surface area contributed by atoms with E-state index in [0.717, 1.165) is 42.8 Å². The van der Waals surface area contributed by atoms with Gasteiger partial charge in [-0.25, -0.2) is 18.1 Å². The highest BCUT2D eigenvalue weighted by molar-refractivity contribution is 7.89. The third kappa shape index (κ3) is 4.91. The van der Waals surface area contributed by atoms with Gasteiger partial charge in [-0.1, -0.05) is 0 Å². The van der Waals surface area contributed by atoms with E-state index in [1.54, 1.807) is 30.5 Å². The van der Waals surface area contributed by atoms with Crippen molar-refractivity contribution in [2.45, 2.75) is 38.5 Å². The summed E-state index contributed by atoms with van der Waals surface area (Å²) in [5.74, 6) is 1.70. The highest BCUT2D eigenvalue weighted by Crippen LogP contribution is 2.28. The molecule has 1 N–H and O–H groups in total. The second-order valence-electron chi connectivity index (χ2n) is 7.59. The van der Waals surface area contributed by atoms with Crippen LogP contribution in [0.25, 0.3) is 0 Å². The number of nitrogens with one attached hydrogen (secondary N) is 1. The molecule has 30 heavy (non-hydrogen) atoms. The van der Waals surface area contributed by atoms with E-state index in [4.69, 9.17) is 4.74 Å². The number of rotatable bonds is 7. The van der Waals surface area contributed by atoms with Crippen LogP contribution < -0.4 is 14.4 Å². The molecule has 7 nitrogen and oxygen atoms in total. The van der Waals surface area contributed by atoms with E-state index in [-0.39, 0.29) is 10.8 Å². The van der Waals surface area contributed by atoms with Crippen LogP contribution in [-0.2, 0) is 10.0 Å². The van der Waals surface area contributed by atoms with Gasteiger partial charge in [-0.15, -0.1) is 0 Å². The Balaban J connectivity index is 1.61. The molecule has 0 radical (unpaired) electrons. The van der Waals surface area contributed by atoms with Gasteiger partial charge in [-0.05, 0) is 74.9 Å². The first kappa shape index (κ1) is 22.1. The van der Waals surface area contributed by atoms with E-state index in [1.165, 1.54) is 0 Å². The average Bonchev–Trinajstić information content (AvgIpc) is 2.75. The molecule has 1 aliphatic rings. The lowest BCUT2D eigenvalue weighted by molar-refractivity contribution is 0.335. The summed E-state index contributed by atoms with van der Waals surface area (Å²) in [5.41, 5.74) is 2.20.